The van der Waals surface area contributed by atoms with Crippen LogP contribution < -0.4 is 20.1 Å². The van der Waals surface area contributed by atoms with E-state index < -0.39 is 0 Å². The number of methoxy groups -OCH3 is 1. The summed E-state index contributed by atoms with van der Waals surface area (Å²) in [7, 11) is 1.56. The van der Waals surface area contributed by atoms with Crippen LogP contribution in [0.15, 0.2) is 66.7 Å². The first kappa shape index (κ1) is 21.2. The predicted molar refractivity (Wildman–Crippen MR) is 118 cm³/mol. The Morgan fingerprint density at radius 2 is 1.70 bits per heavy atom. The minimum Gasteiger partial charge on any atom is -0.497 e. The van der Waals surface area contributed by atoms with Crippen molar-refractivity contribution < 1.29 is 19.1 Å². The molecule has 0 saturated heterocycles. The van der Waals surface area contributed by atoms with Gasteiger partial charge in [0.05, 0.1) is 7.11 Å². The topological polar surface area (TPSA) is 76.7 Å². The van der Waals surface area contributed by atoms with E-state index in [-0.39, 0.29) is 18.4 Å². The van der Waals surface area contributed by atoms with Crippen molar-refractivity contribution in [3.63, 3.8) is 0 Å². The Morgan fingerprint density at radius 1 is 0.933 bits per heavy atom. The molecule has 0 heterocycles. The van der Waals surface area contributed by atoms with E-state index in [2.05, 4.69) is 10.6 Å². The Labute approximate surface area is 179 Å². The molecule has 0 aliphatic heterocycles. The summed E-state index contributed by atoms with van der Waals surface area (Å²) in [6.07, 6.45) is 0. The largest absolute Gasteiger partial charge is 0.497 e. The van der Waals surface area contributed by atoms with Gasteiger partial charge >= 0.3 is 0 Å². The van der Waals surface area contributed by atoms with E-state index in [9.17, 15) is 9.59 Å². The Bertz CT molecular complexity index is 1050. The van der Waals surface area contributed by atoms with Gasteiger partial charge in [-0.15, -0.1) is 0 Å². The lowest BCUT2D eigenvalue weighted by atomic mass is 10.1. The molecular weight excluding hydrogens is 404 g/mol. The fraction of sp³-hybridized carbons (Fsp3) is 0.130. The number of carbonyl (C=O) groups excluding carboxylic acids is 2. The van der Waals surface area contributed by atoms with Crippen LogP contribution in [0.4, 0.5) is 11.4 Å². The summed E-state index contributed by atoms with van der Waals surface area (Å²) in [5.41, 5.74) is 2.65. The molecule has 0 fully saturated rings. The van der Waals surface area contributed by atoms with E-state index >= 15 is 0 Å². The monoisotopic (exact) mass is 424 g/mol. The number of halogens is 1. The summed E-state index contributed by atoms with van der Waals surface area (Å²) in [6, 6.07) is 18.9. The normalized spacial score (nSPS) is 10.2. The van der Waals surface area contributed by atoms with Gasteiger partial charge in [0.15, 0.2) is 6.61 Å². The molecule has 0 spiro atoms. The fourth-order valence-electron chi connectivity index (χ4n) is 2.71. The van der Waals surface area contributed by atoms with Crippen molar-refractivity contribution in [1.29, 1.82) is 0 Å². The van der Waals surface area contributed by atoms with Crippen molar-refractivity contribution >= 4 is 34.8 Å². The summed E-state index contributed by atoms with van der Waals surface area (Å²) in [6.45, 7) is 1.71. The minimum absolute atomic E-state index is 0.160. The maximum atomic E-state index is 12.4. The number of benzene rings is 3. The van der Waals surface area contributed by atoms with Crippen LogP contribution in [0.5, 0.6) is 11.5 Å². The second kappa shape index (κ2) is 9.80. The number of hydrogen-bond acceptors (Lipinski definition) is 4. The molecular formula is C23H21ClN2O4. The van der Waals surface area contributed by atoms with Gasteiger partial charge in [-0.25, -0.2) is 0 Å². The van der Waals surface area contributed by atoms with E-state index in [1.807, 2.05) is 6.92 Å². The van der Waals surface area contributed by atoms with Gasteiger partial charge in [0.2, 0.25) is 0 Å². The molecule has 0 atom stereocenters. The highest BCUT2D eigenvalue weighted by Gasteiger charge is 2.09. The molecule has 0 aliphatic carbocycles. The zero-order chi connectivity index (χ0) is 21.5. The third kappa shape index (κ3) is 5.75. The van der Waals surface area contributed by atoms with Crippen molar-refractivity contribution in [2.75, 3.05) is 24.4 Å². The van der Waals surface area contributed by atoms with Crippen LogP contribution in [0.3, 0.4) is 0 Å². The minimum atomic E-state index is -0.303. The van der Waals surface area contributed by atoms with Crippen LogP contribution in [0.25, 0.3) is 0 Å². The van der Waals surface area contributed by atoms with Crippen molar-refractivity contribution in [2.45, 2.75) is 6.92 Å². The fourth-order valence-corrected chi connectivity index (χ4v) is 2.94. The van der Waals surface area contributed by atoms with E-state index in [1.54, 1.807) is 73.8 Å². The molecule has 2 N–H and O–H groups in total. The smallest absolute Gasteiger partial charge is 0.262 e. The van der Waals surface area contributed by atoms with E-state index in [0.29, 0.717) is 33.5 Å². The second-order valence-corrected chi connectivity index (χ2v) is 6.94. The molecule has 0 aliphatic rings. The summed E-state index contributed by atoms with van der Waals surface area (Å²) >= 11 is 5.94. The van der Waals surface area contributed by atoms with E-state index in [4.69, 9.17) is 21.1 Å². The first-order valence-electron chi connectivity index (χ1n) is 9.19. The lowest BCUT2D eigenvalue weighted by Crippen LogP contribution is -2.20. The molecule has 2 amide bonds. The van der Waals surface area contributed by atoms with Gasteiger partial charge in [-0.2, -0.15) is 0 Å². The molecule has 3 aromatic rings. The third-order valence-corrected chi connectivity index (χ3v) is 4.51. The number of hydrogen-bond donors (Lipinski definition) is 2. The molecule has 30 heavy (non-hydrogen) atoms. The van der Waals surface area contributed by atoms with Gasteiger partial charge < -0.3 is 20.1 Å². The van der Waals surface area contributed by atoms with Gasteiger partial charge in [0.25, 0.3) is 11.8 Å². The Hall–Kier alpha value is -3.51. The molecule has 3 rings (SSSR count). The number of anilines is 2. The van der Waals surface area contributed by atoms with Crippen LogP contribution in [-0.4, -0.2) is 25.5 Å². The molecule has 0 aromatic heterocycles. The molecule has 3 aromatic carbocycles. The zero-order valence-electron chi connectivity index (χ0n) is 16.6. The number of aryl methyl sites for hydroxylation is 1. The Kier molecular flexibility index (Phi) is 6.93. The lowest BCUT2D eigenvalue weighted by Gasteiger charge is -2.10. The number of rotatable bonds is 7. The van der Waals surface area contributed by atoms with Gasteiger partial charge in [0, 0.05) is 28.0 Å². The predicted octanol–water partition coefficient (Wildman–Crippen LogP) is 4.93. The second-order valence-electron chi connectivity index (χ2n) is 6.51. The van der Waals surface area contributed by atoms with Crippen LogP contribution in [0.1, 0.15) is 15.9 Å². The van der Waals surface area contributed by atoms with Gasteiger partial charge in [-0.1, -0.05) is 17.7 Å². The Balaban J connectivity index is 1.53. The Morgan fingerprint density at radius 3 is 2.40 bits per heavy atom. The van der Waals surface area contributed by atoms with Crippen LogP contribution in [0, 0.1) is 6.92 Å². The first-order chi connectivity index (χ1) is 14.4. The lowest BCUT2D eigenvalue weighted by molar-refractivity contribution is -0.118. The van der Waals surface area contributed by atoms with Crippen molar-refractivity contribution in [3.05, 3.63) is 82.9 Å². The van der Waals surface area contributed by atoms with Gasteiger partial charge in [-0.3, -0.25) is 9.59 Å². The zero-order valence-corrected chi connectivity index (χ0v) is 17.3. The molecule has 0 saturated carbocycles. The maximum Gasteiger partial charge on any atom is 0.262 e. The van der Waals surface area contributed by atoms with E-state index in [0.717, 1.165) is 5.56 Å². The summed E-state index contributed by atoms with van der Waals surface area (Å²) in [5.74, 6) is 0.581. The number of nitrogens with one attached hydrogen (secondary N) is 2. The quantitative estimate of drug-likeness (QED) is 0.564. The van der Waals surface area contributed by atoms with Gasteiger partial charge in [0.1, 0.15) is 11.5 Å². The summed E-state index contributed by atoms with van der Waals surface area (Å²) in [4.78, 5) is 24.5. The maximum absolute atomic E-state index is 12.4. The first-order valence-corrected chi connectivity index (χ1v) is 9.56. The standard InChI is InChI=1S/C23H21ClN2O4/c1-15-12-17(24)8-11-21(15)26-23(28)16-6-9-19(10-7-16)30-14-22(27)25-18-4-3-5-20(13-18)29-2/h3-13H,14H2,1-2H3,(H,25,27)(H,26,28). The average Bonchev–Trinajstić information content (AvgIpc) is 2.74. The highest BCUT2D eigenvalue weighted by atomic mass is 35.5. The molecule has 0 unspecified atom stereocenters. The van der Waals surface area contributed by atoms with Crippen molar-refractivity contribution in [3.8, 4) is 11.5 Å². The van der Waals surface area contributed by atoms with Crippen molar-refractivity contribution in [1.82, 2.24) is 0 Å². The molecule has 154 valence electrons. The SMILES string of the molecule is COc1cccc(NC(=O)COc2ccc(C(=O)Nc3ccc(Cl)cc3C)cc2)c1. The number of amides is 2. The summed E-state index contributed by atoms with van der Waals surface area (Å²) < 4.78 is 10.6. The van der Waals surface area contributed by atoms with E-state index in [1.165, 1.54) is 0 Å². The molecule has 7 heteroatoms. The molecule has 6 nitrogen and oxygen atoms in total. The molecule has 0 radical (unpaired) electrons. The van der Waals surface area contributed by atoms with Crippen LogP contribution in [-0.2, 0) is 4.79 Å². The van der Waals surface area contributed by atoms with Crippen LogP contribution >= 0.6 is 11.6 Å². The van der Waals surface area contributed by atoms with Gasteiger partial charge in [-0.05, 0) is 67.1 Å². The van der Waals surface area contributed by atoms with Crippen molar-refractivity contribution in [2.24, 2.45) is 0 Å². The molecule has 0 bridgehead atoms. The highest BCUT2D eigenvalue weighted by Crippen LogP contribution is 2.21. The summed E-state index contributed by atoms with van der Waals surface area (Å²) in [5, 5.41) is 6.20. The third-order valence-electron chi connectivity index (χ3n) is 4.28. The number of carbonyl (C=O) groups is 2. The van der Waals surface area contributed by atoms with Crippen LogP contribution in [0.2, 0.25) is 5.02 Å². The highest BCUT2D eigenvalue weighted by molar-refractivity contribution is 6.30. The number of ether oxygens (including phenoxy) is 2. The average molecular weight is 425 g/mol.